The van der Waals surface area contributed by atoms with Gasteiger partial charge in [-0.1, -0.05) is 72.8 Å². The third-order valence-electron chi connectivity index (χ3n) is 6.23. The Kier molecular flexibility index (Phi) is 6.66. The van der Waals surface area contributed by atoms with Gasteiger partial charge in [-0.2, -0.15) is 0 Å². The molecule has 0 radical (unpaired) electrons. The predicted molar refractivity (Wildman–Crippen MR) is 127 cm³/mol. The van der Waals surface area contributed by atoms with Crippen LogP contribution in [-0.4, -0.2) is 55.3 Å². The highest BCUT2D eigenvalue weighted by molar-refractivity contribution is 5.94. The summed E-state index contributed by atoms with van der Waals surface area (Å²) in [6.07, 6.45) is 0. The lowest BCUT2D eigenvalue weighted by atomic mass is 9.89. The fourth-order valence-corrected chi connectivity index (χ4v) is 4.42. The average Bonchev–Trinajstić information content (AvgIpc) is 2.85. The van der Waals surface area contributed by atoms with Crippen LogP contribution >= 0.6 is 0 Å². The van der Waals surface area contributed by atoms with Crippen LogP contribution in [-0.2, 0) is 4.79 Å². The van der Waals surface area contributed by atoms with Crippen molar-refractivity contribution in [2.24, 2.45) is 0 Å². The Labute approximate surface area is 189 Å². The van der Waals surface area contributed by atoms with Crippen LogP contribution in [0.15, 0.2) is 84.9 Å². The molecule has 5 nitrogen and oxygen atoms in total. The van der Waals surface area contributed by atoms with E-state index in [1.54, 1.807) is 7.05 Å². The Morgan fingerprint density at radius 1 is 0.875 bits per heavy atom. The summed E-state index contributed by atoms with van der Waals surface area (Å²) in [5.74, 6) is -0.326. The lowest BCUT2D eigenvalue weighted by Crippen LogP contribution is -2.50. The van der Waals surface area contributed by atoms with Crippen molar-refractivity contribution in [2.45, 2.75) is 12.0 Å². The van der Waals surface area contributed by atoms with Crippen LogP contribution in [0.4, 0.5) is 0 Å². The standard InChI is InChI=1S/C27H29N3O2/c1-28-26(31)23-15-9-14-22(18-23)24-19-30(17-16-29(24)2)27(32)25(20-10-5-3-6-11-20)21-12-7-4-8-13-21/h3-15,18,24-25H,16-17,19H2,1-2H3,(H,28,31). The molecule has 1 unspecified atom stereocenters. The third-order valence-corrected chi connectivity index (χ3v) is 6.23. The highest BCUT2D eigenvalue weighted by Gasteiger charge is 2.33. The van der Waals surface area contributed by atoms with Crippen molar-refractivity contribution in [3.05, 3.63) is 107 Å². The molecule has 1 atom stereocenters. The summed E-state index contributed by atoms with van der Waals surface area (Å²) >= 11 is 0. The number of hydrogen-bond donors (Lipinski definition) is 1. The quantitative estimate of drug-likeness (QED) is 0.676. The minimum atomic E-state index is -0.335. The Morgan fingerprint density at radius 2 is 1.50 bits per heavy atom. The highest BCUT2D eigenvalue weighted by atomic mass is 16.2. The largest absolute Gasteiger partial charge is 0.355 e. The molecule has 0 saturated carbocycles. The van der Waals surface area contributed by atoms with Crippen LogP contribution in [0.5, 0.6) is 0 Å². The fraction of sp³-hybridized carbons (Fsp3) is 0.259. The first kappa shape index (κ1) is 21.8. The lowest BCUT2D eigenvalue weighted by Gasteiger charge is -2.41. The van der Waals surface area contributed by atoms with Gasteiger partial charge in [-0.15, -0.1) is 0 Å². The molecule has 0 aromatic heterocycles. The van der Waals surface area contributed by atoms with Gasteiger partial charge in [0, 0.05) is 32.2 Å². The summed E-state index contributed by atoms with van der Waals surface area (Å²) in [5, 5.41) is 2.68. The first-order valence-electron chi connectivity index (χ1n) is 11.0. The fourth-order valence-electron chi connectivity index (χ4n) is 4.42. The molecule has 1 heterocycles. The number of carbonyl (C=O) groups is 2. The Balaban J connectivity index is 1.63. The first-order chi connectivity index (χ1) is 15.6. The summed E-state index contributed by atoms with van der Waals surface area (Å²) in [7, 11) is 3.71. The van der Waals surface area contributed by atoms with Gasteiger partial charge >= 0.3 is 0 Å². The molecule has 0 spiro atoms. The molecule has 0 bridgehead atoms. The van der Waals surface area contributed by atoms with E-state index >= 15 is 0 Å². The maximum Gasteiger partial charge on any atom is 0.251 e. The number of hydrogen-bond acceptors (Lipinski definition) is 3. The molecule has 3 aromatic carbocycles. The molecule has 5 heteroatoms. The van der Waals surface area contributed by atoms with Gasteiger partial charge in [0.15, 0.2) is 0 Å². The number of likely N-dealkylation sites (N-methyl/N-ethyl adjacent to an activating group) is 1. The number of nitrogens with one attached hydrogen (secondary N) is 1. The predicted octanol–water partition coefficient (Wildman–Crippen LogP) is 3.69. The van der Waals surface area contributed by atoms with E-state index in [1.165, 1.54) is 0 Å². The third kappa shape index (κ3) is 4.58. The van der Waals surface area contributed by atoms with Gasteiger partial charge in [0.25, 0.3) is 5.91 Å². The number of benzene rings is 3. The van der Waals surface area contributed by atoms with E-state index in [4.69, 9.17) is 0 Å². The van der Waals surface area contributed by atoms with E-state index in [0.717, 1.165) is 23.2 Å². The smallest absolute Gasteiger partial charge is 0.251 e. The van der Waals surface area contributed by atoms with Crippen LogP contribution in [0.3, 0.4) is 0 Å². The van der Waals surface area contributed by atoms with Crippen LogP contribution < -0.4 is 5.32 Å². The molecular weight excluding hydrogens is 398 g/mol. The minimum absolute atomic E-state index is 0.0319. The van der Waals surface area contributed by atoms with Gasteiger partial charge in [0.1, 0.15) is 0 Å². The van der Waals surface area contributed by atoms with E-state index in [2.05, 4.69) is 17.3 Å². The van der Waals surface area contributed by atoms with Crippen molar-refractivity contribution in [2.75, 3.05) is 33.7 Å². The van der Waals surface area contributed by atoms with Gasteiger partial charge in [0.2, 0.25) is 5.91 Å². The van der Waals surface area contributed by atoms with Crippen molar-refractivity contribution >= 4 is 11.8 Å². The van der Waals surface area contributed by atoms with E-state index in [1.807, 2.05) is 89.8 Å². The van der Waals surface area contributed by atoms with Crippen LogP contribution in [0, 0.1) is 0 Å². The number of carbonyl (C=O) groups excluding carboxylic acids is 2. The number of amides is 2. The van der Waals surface area contributed by atoms with Crippen molar-refractivity contribution in [3.8, 4) is 0 Å². The molecule has 3 aromatic rings. The van der Waals surface area contributed by atoms with Gasteiger partial charge in [-0.05, 0) is 35.9 Å². The Morgan fingerprint density at radius 3 is 2.09 bits per heavy atom. The summed E-state index contributed by atoms with van der Waals surface area (Å²) < 4.78 is 0. The normalized spacial score (nSPS) is 16.7. The number of rotatable bonds is 5. The number of piperazine rings is 1. The van der Waals surface area contributed by atoms with E-state index in [9.17, 15) is 9.59 Å². The Bertz CT molecular complexity index is 1030. The molecule has 0 aliphatic carbocycles. The summed E-state index contributed by atoms with van der Waals surface area (Å²) in [4.78, 5) is 30.2. The van der Waals surface area contributed by atoms with Crippen LogP contribution in [0.25, 0.3) is 0 Å². The zero-order valence-electron chi connectivity index (χ0n) is 18.6. The highest BCUT2D eigenvalue weighted by Crippen LogP contribution is 2.31. The van der Waals surface area contributed by atoms with Gasteiger partial charge in [-0.3, -0.25) is 14.5 Å². The monoisotopic (exact) mass is 427 g/mol. The van der Waals surface area contributed by atoms with Gasteiger partial charge < -0.3 is 10.2 Å². The second-order valence-electron chi connectivity index (χ2n) is 8.24. The minimum Gasteiger partial charge on any atom is -0.355 e. The second-order valence-corrected chi connectivity index (χ2v) is 8.24. The molecule has 32 heavy (non-hydrogen) atoms. The second kappa shape index (κ2) is 9.79. The van der Waals surface area contributed by atoms with Crippen molar-refractivity contribution in [3.63, 3.8) is 0 Å². The van der Waals surface area contributed by atoms with E-state index in [-0.39, 0.29) is 23.8 Å². The Hall–Kier alpha value is -3.44. The lowest BCUT2D eigenvalue weighted by molar-refractivity contribution is -0.134. The van der Waals surface area contributed by atoms with Crippen molar-refractivity contribution in [1.82, 2.24) is 15.1 Å². The molecular formula is C27H29N3O2. The molecule has 1 saturated heterocycles. The van der Waals surface area contributed by atoms with Crippen molar-refractivity contribution in [1.29, 1.82) is 0 Å². The molecule has 4 rings (SSSR count). The molecule has 1 aliphatic heterocycles. The SMILES string of the molecule is CNC(=O)c1cccc(C2CN(C(=O)C(c3ccccc3)c3ccccc3)CCN2C)c1. The first-order valence-corrected chi connectivity index (χ1v) is 11.0. The average molecular weight is 428 g/mol. The number of nitrogens with zero attached hydrogens (tertiary/aromatic N) is 2. The summed E-state index contributed by atoms with van der Waals surface area (Å²) in [6, 6.07) is 27.7. The van der Waals surface area contributed by atoms with Crippen LogP contribution in [0.2, 0.25) is 0 Å². The van der Waals surface area contributed by atoms with Crippen molar-refractivity contribution < 1.29 is 9.59 Å². The zero-order chi connectivity index (χ0) is 22.5. The molecule has 1 N–H and O–H groups in total. The molecule has 2 amide bonds. The van der Waals surface area contributed by atoms with Crippen LogP contribution in [0.1, 0.15) is 39.0 Å². The molecule has 1 fully saturated rings. The topological polar surface area (TPSA) is 52.7 Å². The molecule has 164 valence electrons. The van der Waals surface area contributed by atoms with Gasteiger partial charge in [-0.25, -0.2) is 0 Å². The van der Waals surface area contributed by atoms with E-state index in [0.29, 0.717) is 18.7 Å². The summed E-state index contributed by atoms with van der Waals surface area (Å²) in [5.41, 5.74) is 3.68. The molecule has 1 aliphatic rings. The zero-order valence-corrected chi connectivity index (χ0v) is 18.6. The summed E-state index contributed by atoms with van der Waals surface area (Å²) in [6.45, 7) is 2.04. The van der Waals surface area contributed by atoms with E-state index < -0.39 is 0 Å². The van der Waals surface area contributed by atoms with Gasteiger partial charge in [0.05, 0.1) is 12.0 Å². The maximum absolute atomic E-state index is 13.8. The maximum atomic E-state index is 13.8.